The molecule has 6 aromatic rings. The van der Waals surface area contributed by atoms with Crippen molar-refractivity contribution in [1.82, 2.24) is 25.8 Å². The molecule has 2 fully saturated rings. The first kappa shape index (κ1) is 111. The topological polar surface area (TPSA) is 472 Å². The predicted molar refractivity (Wildman–Crippen MR) is 541 cm³/mol. The average molecular weight is 1960 g/mol. The zero-order valence-corrected chi connectivity index (χ0v) is 84.4. The first-order valence-corrected chi connectivity index (χ1v) is 52.0. The lowest BCUT2D eigenvalue weighted by Gasteiger charge is -2.33. The number of amides is 6. The van der Waals surface area contributed by atoms with Crippen LogP contribution in [0.4, 0.5) is 0 Å². The molecular weight excluding hydrogens is 1820 g/mol. The molecule has 6 amide bonds. The monoisotopic (exact) mass is 1960 g/mol. The quantitative estimate of drug-likeness (QED) is 0.0101. The minimum atomic E-state index is -1.82. The number of nitrogens with one attached hydrogen (secondary N) is 4. The van der Waals surface area contributed by atoms with Crippen molar-refractivity contribution in [2.75, 3.05) is 36.9 Å². The number of fused-ring (bicyclic) bond motifs is 5. The lowest BCUT2D eigenvalue weighted by atomic mass is 9.72. The largest absolute Gasteiger partial charge is 0.481 e. The number of likely N-dealkylation sites (tertiary alicyclic amines) is 1. The number of benzene rings is 6. The van der Waals surface area contributed by atoms with Gasteiger partial charge in [0.2, 0.25) is 35.4 Å². The third-order valence-corrected chi connectivity index (χ3v) is 30.8. The molecule has 0 saturated carbocycles. The Hall–Kier alpha value is -11.2. The third kappa shape index (κ3) is 33.5. The second kappa shape index (κ2) is 52.4. The van der Waals surface area contributed by atoms with Crippen molar-refractivity contribution in [2.24, 2.45) is 81.8 Å². The van der Waals surface area contributed by atoms with Gasteiger partial charge in [0.05, 0.1) is 41.4 Å². The number of nitrogens with two attached hydrogens (primary N) is 3. The van der Waals surface area contributed by atoms with Crippen LogP contribution < -0.4 is 33.2 Å². The molecule has 139 heavy (non-hydrogen) atoms. The third-order valence-electron chi connectivity index (χ3n) is 27.2. The van der Waals surface area contributed by atoms with Crippen LogP contribution in [0.5, 0.6) is 0 Å². The Kier molecular flexibility index (Phi) is 42.0. The van der Waals surface area contributed by atoms with Crippen molar-refractivity contribution in [1.29, 1.82) is 5.41 Å². The summed E-state index contributed by atoms with van der Waals surface area (Å²) in [5, 5.41) is 29.7. The van der Waals surface area contributed by atoms with Crippen LogP contribution in [0.1, 0.15) is 231 Å². The maximum Gasteiger partial charge on any atom is 0.304 e. The van der Waals surface area contributed by atoms with Crippen LogP contribution in [-0.4, -0.2) is 186 Å². The van der Waals surface area contributed by atoms with Crippen molar-refractivity contribution in [3.63, 3.8) is 0 Å². The lowest BCUT2D eigenvalue weighted by Crippen LogP contribution is -2.52. The number of nitrogens with zero attached hydrogens (tertiary/aromatic N) is 2. The van der Waals surface area contributed by atoms with E-state index in [9.17, 15) is 81.8 Å². The van der Waals surface area contributed by atoms with E-state index in [0.717, 1.165) is 54.9 Å². The number of thioether (sulfide) groups is 3. The van der Waals surface area contributed by atoms with E-state index in [2.05, 4.69) is 16.0 Å². The van der Waals surface area contributed by atoms with Gasteiger partial charge in [0.25, 0.3) is 0 Å². The first-order valence-electron chi connectivity index (χ1n) is 48.5. The van der Waals surface area contributed by atoms with Gasteiger partial charge in [-0.05, 0) is 153 Å². The van der Waals surface area contributed by atoms with Crippen molar-refractivity contribution in [2.45, 2.75) is 257 Å². The number of hydrogen-bond donors (Lipinski definition) is 8. The molecule has 2 saturated heterocycles. The van der Waals surface area contributed by atoms with Crippen LogP contribution in [0.25, 0.3) is 21.5 Å². The van der Waals surface area contributed by atoms with Crippen molar-refractivity contribution in [3.05, 3.63) is 167 Å². The SMILES string of the molecule is CCC(=O)[C@H](CC(=O)[C@H](CC(=O)C(C)(C)NC(=O)CCC(=O)[C@H](CC(=O)[C@H]1CCCN1C(=O)[C@@H](CSCc1cc2cc(c1)CSC[C@@H](C)C(=O)N1CCC[C@@H]1C(=O)C[C@H](C(C)(C)C)C(=O)C[C@H](CC(N)=O)C(=O)C[C@H](CCCNC(=N)N)C(=O)NC(C)(C)C(=O)C[C@@H](CC(=O)O)C(=O)C[C@@H](C(N)=O)CSC2)CC(C)=O)Cc1cccc2ccccc12)Cc1ccccc1)Cc1cccc2ccccc12. The van der Waals surface area contributed by atoms with Crippen LogP contribution in [0, 0.1) is 70.0 Å². The molecule has 0 radical (unpaired) electrons. The minimum absolute atomic E-state index is 0.0313. The summed E-state index contributed by atoms with van der Waals surface area (Å²) in [6.45, 7) is 16.6. The normalized spacial score (nSPS) is 20.9. The highest BCUT2D eigenvalue weighted by atomic mass is 32.2. The summed E-state index contributed by atoms with van der Waals surface area (Å²) in [6.07, 6.45) is -2.92. The standard InChI is InChI=1S/C108H139N9O19S3/c1-11-88(119)77(47-73-30-19-28-71-26-15-17-33-83(71)73)50-91(122)76(46-67-24-13-12-14-25-67)54-96(127)107(7,8)114-99(130)38-37-89(120)78(48-74-31-20-29-72-27-16-18-34-84(72)74)52-94(125)86-35-23-41-117(86)104(136)82(42-66(3)118)64-139-62-70-44-68-43-69(45-70)61-138-63-81(101(110)133)53-92(123)80(57-100(131)132)55-97(128)108(9,10)115-102(134)75(32-21-39-113-105(111)112)49-90(121)79(56-98(109)129)51-93(124)85(106(4,5)6)58-95(126)87-36-22-40-116(87)103(135)65(2)59-137-60-68/h12-20,24-31,33-34,43-45,65,75-82,85-87H,11,21-23,32,35-42,46-64H2,1-10H3,(H2,109,129)(H2,110,133)(H,114,130)(H,115,134)(H,131,132)(H4,111,112,113)/t65-,75+,76+,77+,78+,79-,80+,81-,82-,85+,86-,87-/m1/s1. The number of rotatable bonds is 38. The molecule has 9 rings (SSSR count). The van der Waals surface area contributed by atoms with E-state index in [-0.39, 0.29) is 167 Å². The maximum atomic E-state index is 15.2. The fraction of sp³-hybridized carbons (Fsp3) is 0.528. The van der Waals surface area contributed by atoms with Gasteiger partial charge in [-0.25, -0.2) is 0 Å². The van der Waals surface area contributed by atoms with Crippen LogP contribution in [0.2, 0.25) is 0 Å². The second-order valence-corrected chi connectivity index (χ2v) is 43.4. The summed E-state index contributed by atoms with van der Waals surface area (Å²) in [6, 6.07) is 40.5. The number of carbonyl (C=O) groups excluding carboxylic acids is 17. The van der Waals surface area contributed by atoms with Crippen LogP contribution >= 0.6 is 35.3 Å². The first-order chi connectivity index (χ1) is 65.8. The molecule has 0 aliphatic carbocycles. The number of carboxylic acid groups (broad SMARTS) is 1. The number of Topliss-reactive ketones (excluding diaryl/α,β-unsaturated/α-hetero) is 11. The highest BCUT2D eigenvalue weighted by Crippen LogP contribution is 2.39. The second-order valence-electron chi connectivity index (χ2n) is 40.3. The van der Waals surface area contributed by atoms with Gasteiger partial charge >= 0.3 is 5.97 Å². The molecule has 3 aliphatic heterocycles. The number of ketones is 11. The fourth-order valence-corrected chi connectivity index (χ4v) is 22.5. The molecule has 3 heterocycles. The number of hydrogen-bond acceptors (Lipinski definition) is 22. The maximum absolute atomic E-state index is 15.2. The Morgan fingerprint density at radius 3 is 1.78 bits per heavy atom. The fourth-order valence-electron chi connectivity index (χ4n) is 19.3. The number of carboxylic acids is 1. The average Bonchev–Trinajstić information content (AvgIpc) is 1.55. The van der Waals surface area contributed by atoms with Gasteiger partial charge in [0.15, 0.2) is 29.1 Å². The van der Waals surface area contributed by atoms with Gasteiger partial charge in [-0.15, -0.1) is 0 Å². The molecule has 0 spiro atoms. The molecule has 12 atom stereocenters. The Morgan fingerprint density at radius 2 is 1.18 bits per heavy atom. The lowest BCUT2D eigenvalue weighted by molar-refractivity contribution is -0.143. The van der Waals surface area contributed by atoms with Gasteiger partial charge in [0.1, 0.15) is 40.5 Å². The molecule has 0 aromatic heterocycles. The van der Waals surface area contributed by atoms with Crippen molar-refractivity contribution in [3.8, 4) is 0 Å². The zero-order chi connectivity index (χ0) is 102. The summed E-state index contributed by atoms with van der Waals surface area (Å²) in [7, 11) is 0. The summed E-state index contributed by atoms with van der Waals surface area (Å²) in [4.78, 5) is 260. The molecule has 31 heteroatoms. The number of primary amides is 2. The summed E-state index contributed by atoms with van der Waals surface area (Å²) in [5.74, 6) is -19.4. The van der Waals surface area contributed by atoms with E-state index in [4.69, 9.17) is 22.6 Å². The number of aliphatic carboxylic acids is 1. The van der Waals surface area contributed by atoms with Gasteiger partial charge in [-0.2, -0.15) is 35.3 Å². The smallest absolute Gasteiger partial charge is 0.304 e. The van der Waals surface area contributed by atoms with Crippen LogP contribution in [-0.2, 0) is 123 Å². The van der Waals surface area contributed by atoms with Gasteiger partial charge in [0, 0.05) is 185 Å². The molecule has 2 bridgehead atoms. The highest BCUT2D eigenvalue weighted by molar-refractivity contribution is 7.99. The van der Waals surface area contributed by atoms with E-state index >= 15 is 9.59 Å². The molecular formula is C108H139N9O19S3. The number of guanidine groups is 1. The molecule has 3 aliphatic rings. The van der Waals surface area contributed by atoms with E-state index in [0.29, 0.717) is 42.9 Å². The Morgan fingerprint density at radius 1 is 0.604 bits per heavy atom. The Balaban J connectivity index is 0.916. The molecule has 11 N–H and O–H groups in total. The summed E-state index contributed by atoms with van der Waals surface area (Å²) >= 11 is 4.12. The Labute approximate surface area is 828 Å². The van der Waals surface area contributed by atoms with E-state index < -0.39 is 191 Å². The van der Waals surface area contributed by atoms with Gasteiger partial charge in [-0.3, -0.25) is 86.9 Å². The molecule has 0 unspecified atom stereocenters. The minimum Gasteiger partial charge on any atom is -0.481 e. The summed E-state index contributed by atoms with van der Waals surface area (Å²) < 4.78 is 0. The van der Waals surface area contributed by atoms with Crippen LogP contribution in [0.15, 0.2) is 133 Å². The predicted octanol–water partition coefficient (Wildman–Crippen LogP) is 13.5. The highest BCUT2D eigenvalue weighted by Gasteiger charge is 2.45. The number of carbonyl (C=O) groups is 18. The van der Waals surface area contributed by atoms with E-state index in [1.54, 1.807) is 53.4 Å². The van der Waals surface area contributed by atoms with Crippen molar-refractivity contribution < 1.29 is 91.4 Å². The molecule has 748 valence electrons. The van der Waals surface area contributed by atoms with Gasteiger partial charge in [-0.1, -0.05) is 168 Å². The summed E-state index contributed by atoms with van der Waals surface area (Å²) in [5.41, 5.74) is 18.0. The van der Waals surface area contributed by atoms with Crippen LogP contribution in [0.3, 0.4) is 0 Å². The van der Waals surface area contributed by atoms with Gasteiger partial charge < -0.3 is 52.9 Å². The van der Waals surface area contributed by atoms with E-state index in [1.165, 1.54) is 61.0 Å². The molecule has 28 nitrogen and oxygen atoms in total. The zero-order valence-electron chi connectivity index (χ0n) is 81.9. The Bertz CT molecular complexity index is 5510. The van der Waals surface area contributed by atoms with Crippen molar-refractivity contribution >= 4 is 168 Å². The van der Waals surface area contributed by atoms with E-state index in [1.807, 2.05) is 133 Å². The molecule has 6 aromatic carbocycles.